The van der Waals surface area contributed by atoms with Gasteiger partial charge >= 0.3 is 0 Å². The number of aromatic nitrogens is 1. The van der Waals surface area contributed by atoms with E-state index in [4.69, 9.17) is 10.00 Å². The predicted molar refractivity (Wildman–Crippen MR) is 99.6 cm³/mol. The minimum Gasteiger partial charge on any atom is -0.376 e. The number of hydrogen-bond donors (Lipinski definition) is 0. The highest BCUT2D eigenvalue weighted by atomic mass is 16.5. The summed E-state index contributed by atoms with van der Waals surface area (Å²) in [5.74, 6) is 0.0335. The summed E-state index contributed by atoms with van der Waals surface area (Å²) in [6.07, 6.45) is 5.13. The van der Waals surface area contributed by atoms with Crippen molar-refractivity contribution >= 4 is 5.91 Å². The van der Waals surface area contributed by atoms with Gasteiger partial charge in [-0.15, -0.1) is 0 Å². The number of nitrogens with zero attached hydrogens (tertiary/aromatic N) is 3. The van der Waals surface area contributed by atoms with Crippen LogP contribution < -0.4 is 0 Å². The molecule has 1 aromatic heterocycles. The highest BCUT2D eigenvalue weighted by molar-refractivity contribution is 5.94. The molecule has 1 fully saturated rings. The third-order valence-corrected chi connectivity index (χ3v) is 4.71. The Balaban J connectivity index is 1.69. The maximum absolute atomic E-state index is 12.8. The number of pyridine rings is 1. The second-order valence-corrected chi connectivity index (χ2v) is 6.45. The van der Waals surface area contributed by atoms with Crippen LogP contribution in [0.15, 0.2) is 42.6 Å². The first-order valence-corrected chi connectivity index (χ1v) is 9.08. The predicted octanol–water partition coefficient (Wildman–Crippen LogP) is 3.65. The molecule has 26 heavy (non-hydrogen) atoms. The molecule has 0 unspecified atom stereocenters. The van der Waals surface area contributed by atoms with Crippen LogP contribution >= 0.6 is 0 Å². The average Bonchev–Trinajstić information content (AvgIpc) is 2.72. The average molecular weight is 349 g/mol. The molecule has 1 aromatic carbocycles. The Labute approximate surface area is 154 Å². The van der Waals surface area contributed by atoms with Gasteiger partial charge < -0.3 is 9.64 Å². The van der Waals surface area contributed by atoms with Crippen molar-refractivity contribution in [3.8, 4) is 17.2 Å². The summed E-state index contributed by atoms with van der Waals surface area (Å²) in [5.41, 5.74) is 2.96. The maximum atomic E-state index is 12.8. The van der Waals surface area contributed by atoms with E-state index >= 15 is 0 Å². The van der Waals surface area contributed by atoms with E-state index in [2.05, 4.69) is 4.98 Å². The van der Waals surface area contributed by atoms with Crippen LogP contribution in [0.2, 0.25) is 0 Å². The Morgan fingerprint density at radius 2 is 2.00 bits per heavy atom. The van der Waals surface area contributed by atoms with Crippen molar-refractivity contribution in [3.05, 3.63) is 53.9 Å². The fourth-order valence-corrected chi connectivity index (χ4v) is 3.17. The zero-order valence-corrected chi connectivity index (χ0v) is 15.0. The van der Waals surface area contributed by atoms with Crippen molar-refractivity contribution in [3.63, 3.8) is 0 Å². The molecule has 0 spiro atoms. The summed E-state index contributed by atoms with van der Waals surface area (Å²) < 4.78 is 5.77. The van der Waals surface area contributed by atoms with E-state index in [0.717, 1.165) is 30.6 Å². The van der Waals surface area contributed by atoms with Crippen LogP contribution in [0.25, 0.3) is 11.1 Å². The van der Waals surface area contributed by atoms with E-state index in [-0.39, 0.29) is 12.0 Å². The number of likely N-dealkylation sites (N-methyl/N-ethyl adjacent to an activating group) is 1. The number of amides is 1. The van der Waals surface area contributed by atoms with Gasteiger partial charge in [0, 0.05) is 37.0 Å². The molecule has 134 valence electrons. The van der Waals surface area contributed by atoms with Crippen LogP contribution in [0.5, 0.6) is 0 Å². The van der Waals surface area contributed by atoms with Gasteiger partial charge in [0.15, 0.2) is 0 Å². The van der Waals surface area contributed by atoms with E-state index in [1.807, 2.05) is 48.2 Å². The highest BCUT2D eigenvalue weighted by Gasteiger charge is 2.21. The lowest BCUT2D eigenvalue weighted by atomic mass is 10.0. The fraction of sp³-hybridized carbons (Fsp3) is 0.381. The Bertz CT molecular complexity index is 772. The molecular formula is C21H23N3O2. The van der Waals surface area contributed by atoms with Crippen LogP contribution in [0.3, 0.4) is 0 Å². The monoisotopic (exact) mass is 349 g/mol. The number of ether oxygens (including phenoxy) is 1. The van der Waals surface area contributed by atoms with Gasteiger partial charge in [0.25, 0.3) is 5.91 Å². The van der Waals surface area contributed by atoms with Gasteiger partial charge in [-0.25, -0.2) is 4.98 Å². The second kappa shape index (κ2) is 8.59. The van der Waals surface area contributed by atoms with Crippen LogP contribution in [0, 0.1) is 11.3 Å². The van der Waals surface area contributed by atoms with Crippen LogP contribution in [0.4, 0.5) is 0 Å². The van der Waals surface area contributed by atoms with Gasteiger partial charge in [0.1, 0.15) is 11.8 Å². The number of nitriles is 1. The topological polar surface area (TPSA) is 66.2 Å². The number of hydrogen-bond acceptors (Lipinski definition) is 4. The van der Waals surface area contributed by atoms with Crippen molar-refractivity contribution in [2.75, 3.05) is 19.7 Å². The van der Waals surface area contributed by atoms with Gasteiger partial charge in [0.05, 0.1) is 6.10 Å². The number of carbonyl (C=O) groups excluding carboxylic acids is 1. The fourth-order valence-electron chi connectivity index (χ4n) is 3.17. The third kappa shape index (κ3) is 4.27. The van der Waals surface area contributed by atoms with Gasteiger partial charge in [-0.3, -0.25) is 4.79 Å². The minimum atomic E-state index is 0.0335. The highest BCUT2D eigenvalue weighted by Crippen LogP contribution is 2.20. The molecule has 0 aliphatic carbocycles. The molecular weight excluding hydrogens is 326 g/mol. The molecule has 0 N–H and O–H groups in total. The molecule has 1 aliphatic rings. The summed E-state index contributed by atoms with van der Waals surface area (Å²) in [6.45, 7) is 4.11. The SMILES string of the molecule is CCN(C[C@@H]1CCCCO1)C(=O)c1ccc(-c2ccc(C#N)nc2)cc1. The quantitative estimate of drug-likeness (QED) is 0.826. The molecule has 2 heterocycles. The summed E-state index contributed by atoms with van der Waals surface area (Å²) in [4.78, 5) is 18.7. The van der Waals surface area contributed by atoms with E-state index in [9.17, 15) is 4.79 Å². The van der Waals surface area contributed by atoms with E-state index in [1.54, 1.807) is 12.3 Å². The Hall–Kier alpha value is -2.71. The number of carbonyl (C=O) groups is 1. The zero-order valence-electron chi connectivity index (χ0n) is 15.0. The van der Waals surface area contributed by atoms with Crippen molar-refractivity contribution in [2.24, 2.45) is 0 Å². The van der Waals surface area contributed by atoms with Gasteiger partial charge in [-0.2, -0.15) is 5.26 Å². The van der Waals surface area contributed by atoms with Crippen molar-refractivity contribution in [1.82, 2.24) is 9.88 Å². The summed E-state index contributed by atoms with van der Waals surface area (Å²) >= 11 is 0. The molecule has 2 aromatic rings. The molecule has 1 atom stereocenters. The first kappa shape index (κ1) is 18.1. The molecule has 0 saturated carbocycles. The number of benzene rings is 1. The van der Waals surface area contributed by atoms with Crippen LogP contribution in [-0.4, -0.2) is 41.6 Å². The van der Waals surface area contributed by atoms with Crippen molar-refractivity contribution in [2.45, 2.75) is 32.3 Å². The third-order valence-electron chi connectivity index (χ3n) is 4.71. The zero-order chi connectivity index (χ0) is 18.4. The smallest absolute Gasteiger partial charge is 0.253 e. The molecule has 5 heteroatoms. The maximum Gasteiger partial charge on any atom is 0.253 e. The summed E-state index contributed by atoms with van der Waals surface area (Å²) in [7, 11) is 0. The Morgan fingerprint density at radius 1 is 1.23 bits per heavy atom. The largest absolute Gasteiger partial charge is 0.376 e. The first-order chi connectivity index (χ1) is 12.7. The molecule has 1 aliphatic heterocycles. The Morgan fingerprint density at radius 3 is 2.58 bits per heavy atom. The molecule has 0 radical (unpaired) electrons. The van der Waals surface area contributed by atoms with Crippen molar-refractivity contribution < 1.29 is 9.53 Å². The van der Waals surface area contributed by atoms with Gasteiger partial charge in [-0.1, -0.05) is 12.1 Å². The lowest BCUT2D eigenvalue weighted by Gasteiger charge is -2.29. The molecule has 1 saturated heterocycles. The summed E-state index contributed by atoms with van der Waals surface area (Å²) in [5, 5.41) is 8.83. The van der Waals surface area contributed by atoms with Crippen LogP contribution in [0.1, 0.15) is 42.2 Å². The van der Waals surface area contributed by atoms with E-state index in [1.165, 1.54) is 6.42 Å². The van der Waals surface area contributed by atoms with Crippen LogP contribution in [-0.2, 0) is 4.74 Å². The molecule has 0 bridgehead atoms. The first-order valence-electron chi connectivity index (χ1n) is 9.08. The lowest BCUT2D eigenvalue weighted by Crippen LogP contribution is -2.39. The standard InChI is InChI=1S/C21H23N3O2/c1-2-24(15-20-5-3-4-12-26-20)21(25)17-8-6-16(7-9-17)18-10-11-19(13-22)23-14-18/h6-11,14,20H,2-5,12,15H2,1H3/t20-/m0/s1. The molecule has 5 nitrogen and oxygen atoms in total. The van der Waals surface area contributed by atoms with E-state index in [0.29, 0.717) is 24.3 Å². The number of rotatable bonds is 5. The van der Waals surface area contributed by atoms with Crippen molar-refractivity contribution in [1.29, 1.82) is 5.26 Å². The minimum absolute atomic E-state index is 0.0335. The van der Waals surface area contributed by atoms with E-state index < -0.39 is 0 Å². The van der Waals surface area contributed by atoms with Gasteiger partial charge in [0.2, 0.25) is 0 Å². The summed E-state index contributed by atoms with van der Waals surface area (Å²) in [6, 6.07) is 13.1. The second-order valence-electron chi connectivity index (χ2n) is 6.45. The lowest BCUT2D eigenvalue weighted by molar-refractivity contribution is -0.00311. The normalized spacial score (nSPS) is 16.7. The Kier molecular flexibility index (Phi) is 5.98. The van der Waals surface area contributed by atoms with Gasteiger partial charge in [-0.05, 0) is 56.0 Å². The molecule has 3 rings (SSSR count). The molecule has 1 amide bonds.